The number of hydrogen-bond donors (Lipinski definition) is 1. The van der Waals surface area contributed by atoms with Crippen molar-refractivity contribution in [3.8, 4) is 0 Å². The van der Waals surface area contributed by atoms with E-state index in [0.29, 0.717) is 10.7 Å². The number of nitrogens with one attached hydrogen (secondary N) is 1. The Morgan fingerprint density at radius 2 is 1.47 bits per heavy atom. The highest BCUT2D eigenvalue weighted by atomic mass is 35.5. The molecule has 0 heterocycles. The second-order valence-electron chi connectivity index (χ2n) is 8.58. The van der Waals surface area contributed by atoms with Crippen molar-refractivity contribution in [2.75, 3.05) is 10.8 Å². The van der Waals surface area contributed by atoms with Gasteiger partial charge in [0.25, 0.3) is 10.0 Å². The Kier molecular flexibility index (Phi) is 7.77. The van der Waals surface area contributed by atoms with E-state index in [0.717, 1.165) is 26.6 Å². The zero-order valence-corrected chi connectivity index (χ0v) is 21.6. The average molecular weight is 519 g/mol. The van der Waals surface area contributed by atoms with E-state index in [4.69, 9.17) is 11.6 Å². The van der Waals surface area contributed by atoms with Crippen LogP contribution in [0.1, 0.15) is 28.3 Å². The lowest BCUT2D eigenvalue weighted by molar-refractivity contribution is -0.120. The number of anilines is 1. The highest BCUT2D eigenvalue weighted by Gasteiger charge is 2.28. The van der Waals surface area contributed by atoms with Gasteiger partial charge in [-0.05, 0) is 54.8 Å². The zero-order valence-electron chi connectivity index (χ0n) is 20.1. The lowest BCUT2D eigenvalue weighted by atomic mass is 9.97. The minimum absolute atomic E-state index is 0.0905. The van der Waals surface area contributed by atoms with Gasteiger partial charge in [0.2, 0.25) is 5.91 Å². The van der Waals surface area contributed by atoms with Gasteiger partial charge in [-0.25, -0.2) is 8.42 Å². The number of hydrogen-bond acceptors (Lipinski definition) is 3. The van der Waals surface area contributed by atoms with Crippen LogP contribution in [-0.2, 0) is 14.8 Å². The first-order valence-corrected chi connectivity index (χ1v) is 13.3. The third-order valence-electron chi connectivity index (χ3n) is 5.88. The fraction of sp³-hybridized carbons (Fsp3) is 0.138. The summed E-state index contributed by atoms with van der Waals surface area (Å²) in [5, 5.41) is 3.47. The highest BCUT2D eigenvalue weighted by molar-refractivity contribution is 7.92. The summed E-state index contributed by atoms with van der Waals surface area (Å²) in [6.45, 7) is 3.41. The predicted octanol–water partition coefficient (Wildman–Crippen LogP) is 6.06. The maximum atomic E-state index is 13.6. The lowest BCUT2D eigenvalue weighted by Crippen LogP contribution is -2.42. The van der Waals surface area contributed by atoms with E-state index in [1.54, 1.807) is 36.4 Å². The van der Waals surface area contributed by atoms with E-state index in [9.17, 15) is 13.2 Å². The van der Waals surface area contributed by atoms with Gasteiger partial charge >= 0.3 is 0 Å². The summed E-state index contributed by atoms with van der Waals surface area (Å²) in [5.41, 5.74) is 3.99. The molecule has 4 aromatic rings. The smallest absolute Gasteiger partial charge is 0.264 e. The van der Waals surface area contributed by atoms with Gasteiger partial charge in [0.15, 0.2) is 0 Å². The number of amides is 1. The van der Waals surface area contributed by atoms with Gasteiger partial charge in [-0.15, -0.1) is 0 Å². The molecule has 5 nitrogen and oxygen atoms in total. The van der Waals surface area contributed by atoms with Crippen molar-refractivity contribution in [2.45, 2.75) is 24.8 Å². The number of rotatable bonds is 8. The lowest BCUT2D eigenvalue weighted by Gasteiger charge is -2.26. The molecule has 4 rings (SSSR count). The second-order valence-corrected chi connectivity index (χ2v) is 10.9. The molecule has 0 saturated heterocycles. The summed E-state index contributed by atoms with van der Waals surface area (Å²) in [4.78, 5) is 13.5. The van der Waals surface area contributed by atoms with Crippen molar-refractivity contribution < 1.29 is 13.2 Å². The van der Waals surface area contributed by atoms with E-state index in [1.807, 2.05) is 68.4 Å². The molecule has 184 valence electrons. The van der Waals surface area contributed by atoms with Gasteiger partial charge in [-0.2, -0.15) is 0 Å². The molecule has 1 amide bonds. The van der Waals surface area contributed by atoms with E-state index in [1.165, 1.54) is 12.1 Å². The molecule has 1 unspecified atom stereocenters. The number of carbonyl (C=O) groups excluding carboxylic acids is 1. The topological polar surface area (TPSA) is 66.5 Å². The van der Waals surface area contributed by atoms with Crippen molar-refractivity contribution >= 4 is 33.2 Å². The fourth-order valence-electron chi connectivity index (χ4n) is 3.96. The number of aryl methyl sites for hydroxylation is 2. The first-order valence-electron chi connectivity index (χ1n) is 11.5. The SMILES string of the molecule is Cc1cccc(C(NC(=O)CN(c2ccc(C)c(Cl)c2)S(=O)(=O)c2ccccc2)c2ccccc2)c1. The van der Waals surface area contributed by atoms with Crippen LogP contribution in [-0.4, -0.2) is 20.9 Å². The molecule has 0 saturated carbocycles. The number of carbonyl (C=O) groups is 1. The molecule has 0 radical (unpaired) electrons. The summed E-state index contributed by atoms with van der Waals surface area (Å²) in [6.07, 6.45) is 0. The van der Waals surface area contributed by atoms with Crippen LogP contribution < -0.4 is 9.62 Å². The Morgan fingerprint density at radius 1 is 0.833 bits per heavy atom. The molecule has 0 bridgehead atoms. The van der Waals surface area contributed by atoms with Gasteiger partial charge in [-0.1, -0.05) is 96.0 Å². The molecular formula is C29H27ClN2O3S. The molecule has 36 heavy (non-hydrogen) atoms. The quantitative estimate of drug-likeness (QED) is 0.308. The van der Waals surface area contributed by atoms with Crippen molar-refractivity contribution in [2.24, 2.45) is 0 Å². The molecule has 0 aliphatic carbocycles. The Morgan fingerprint density at radius 3 is 2.11 bits per heavy atom. The van der Waals surface area contributed by atoms with Crippen LogP contribution in [0.5, 0.6) is 0 Å². The van der Waals surface area contributed by atoms with Crippen LogP contribution in [0.2, 0.25) is 5.02 Å². The first kappa shape index (κ1) is 25.5. The summed E-state index contributed by atoms with van der Waals surface area (Å²) >= 11 is 6.33. The van der Waals surface area contributed by atoms with Crippen LogP contribution in [0.3, 0.4) is 0 Å². The van der Waals surface area contributed by atoms with Gasteiger partial charge in [-0.3, -0.25) is 9.10 Å². The highest BCUT2D eigenvalue weighted by Crippen LogP contribution is 2.29. The number of nitrogens with zero attached hydrogens (tertiary/aromatic N) is 1. The van der Waals surface area contributed by atoms with Gasteiger partial charge in [0, 0.05) is 5.02 Å². The summed E-state index contributed by atoms with van der Waals surface area (Å²) < 4.78 is 28.4. The summed E-state index contributed by atoms with van der Waals surface area (Å²) in [6, 6.07) is 30.1. The van der Waals surface area contributed by atoms with E-state index >= 15 is 0 Å². The van der Waals surface area contributed by atoms with Crippen molar-refractivity contribution in [1.82, 2.24) is 5.32 Å². The molecule has 4 aromatic carbocycles. The van der Waals surface area contributed by atoms with Crippen molar-refractivity contribution in [3.63, 3.8) is 0 Å². The normalized spacial score (nSPS) is 12.1. The molecule has 1 atom stereocenters. The molecule has 0 aliphatic rings. The van der Waals surface area contributed by atoms with Crippen LogP contribution in [0.25, 0.3) is 0 Å². The number of benzene rings is 4. The molecule has 7 heteroatoms. The summed E-state index contributed by atoms with van der Waals surface area (Å²) in [7, 11) is -4.04. The standard InChI is InChI=1S/C29H27ClN2O3S/c1-21-10-9-13-24(18-21)29(23-11-5-3-6-12-23)31-28(33)20-32(25-17-16-22(2)27(30)19-25)36(34,35)26-14-7-4-8-15-26/h3-19,29H,20H2,1-2H3,(H,31,33). The van der Waals surface area contributed by atoms with Gasteiger partial charge in [0.1, 0.15) is 6.54 Å². The maximum absolute atomic E-state index is 13.6. The maximum Gasteiger partial charge on any atom is 0.264 e. The number of sulfonamides is 1. The molecular weight excluding hydrogens is 492 g/mol. The zero-order chi connectivity index (χ0) is 25.7. The monoisotopic (exact) mass is 518 g/mol. The summed E-state index contributed by atoms with van der Waals surface area (Å²) in [5.74, 6) is -0.443. The predicted molar refractivity (Wildman–Crippen MR) is 145 cm³/mol. The largest absolute Gasteiger partial charge is 0.344 e. The van der Waals surface area contributed by atoms with Crippen molar-refractivity contribution in [1.29, 1.82) is 0 Å². The third-order valence-corrected chi connectivity index (χ3v) is 8.07. The Bertz CT molecular complexity index is 1460. The van der Waals surface area contributed by atoms with E-state index < -0.39 is 28.5 Å². The molecule has 0 spiro atoms. The van der Waals surface area contributed by atoms with E-state index in [2.05, 4.69) is 5.32 Å². The van der Waals surface area contributed by atoms with Crippen LogP contribution in [0, 0.1) is 13.8 Å². The Balaban J connectivity index is 1.70. The molecule has 0 aliphatic heterocycles. The molecule has 1 N–H and O–H groups in total. The van der Waals surface area contributed by atoms with Crippen LogP contribution >= 0.6 is 11.6 Å². The molecule has 0 aromatic heterocycles. The third kappa shape index (κ3) is 5.78. The van der Waals surface area contributed by atoms with Crippen LogP contribution in [0.15, 0.2) is 108 Å². The van der Waals surface area contributed by atoms with Crippen LogP contribution in [0.4, 0.5) is 5.69 Å². The van der Waals surface area contributed by atoms with Gasteiger partial charge in [0.05, 0.1) is 16.6 Å². The minimum atomic E-state index is -4.04. The van der Waals surface area contributed by atoms with Crippen molar-refractivity contribution in [3.05, 3.63) is 130 Å². The Hall–Kier alpha value is -3.61. The second kappa shape index (κ2) is 11.0. The number of halogens is 1. The van der Waals surface area contributed by atoms with E-state index in [-0.39, 0.29) is 4.90 Å². The Labute approximate surface area is 217 Å². The first-order chi connectivity index (χ1) is 17.3. The van der Waals surface area contributed by atoms with Gasteiger partial charge < -0.3 is 5.32 Å². The minimum Gasteiger partial charge on any atom is -0.344 e. The molecule has 0 fully saturated rings. The fourth-order valence-corrected chi connectivity index (χ4v) is 5.57. The average Bonchev–Trinajstić information content (AvgIpc) is 2.88.